The Morgan fingerprint density at radius 2 is 2.05 bits per heavy atom. The molecule has 2 rings (SSSR count). The third-order valence-corrected chi connectivity index (χ3v) is 6.40. The monoisotopic (exact) mass is 410 g/mol. The first-order valence-electron chi connectivity index (χ1n) is 5.17. The van der Waals surface area contributed by atoms with Gasteiger partial charge in [-0.3, -0.25) is 4.72 Å². The van der Waals surface area contributed by atoms with Crippen LogP contribution in [0.25, 0.3) is 0 Å². The molecule has 0 saturated heterocycles. The Kier molecular flexibility index (Phi) is 4.70. The average molecular weight is 412 g/mol. The molecule has 0 spiro atoms. The number of sulfonamides is 1. The highest BCUT2D eigenvalue weighted by Gasteiger charge is 2.18. The molecule has 0 aliphatic carbocycles. The van der Waals surface area contributed by atoms with E-state index < -0.39 is 10.0 Å². The van der Waals surface area contributed by atoms with Crippen molar-refractivity contribution in [3.05, 3.63) is 44.7 Å². The smallest absolute Gasteiger partial charge is 0.271 e. The van der Waals surface area contributed by atoms with Gasteiger partial charge in [-0.25, -0.2) is 8.42 Å². The summed E-state index contributed by atoms with van der Waals surface area (Å²) in [5.41, 5.74) is 5.77. The Hall–Kier alpha value is -0.670. The second-order valence-electron chi connectivity index (χ2n) is 3.71. The van der Waals surface area contributed by atoms with Crippen molar-refractivity contribution in [2.45, 2.75) is 4.21 Å². The molecule has 0 radical (unpaired) electrons. The minimum atomic E-state index is -3.71. The van der Waals surface area contributed by atoms with Gasteiger partial charge in [0.1, 0.15) is 9.20 Å². The first-order valence-corrected chi connectivity index (χ1v) is 9.05. The Bertz CT molecular complexity index is 774. The van der Waals surface area contributed by atoms with Crippen molar-refractivity contribution < 1.29 is 8.42 Å². The van der Waals surface area contributed by atoms with Crippen LogP contribution in [0.2, 0.25) is 5.02 Å². The lowest BCUT2D eigenvalue weighted by molar-refractivity contribution is 0.603. The van der Waals surface area contributed by atoms with E-state index in [1.54, 1.807) is 24.3 Å². The quantitative estimate of drug-likeness (QED) is 0.754. The van der Waals surface area contributed by atoms with Gasteiger partial charge in [-0.2, -0.15) is 0 Å². The van der Waals surface area contributed by atoms with Gasteiger partial charge in [0.2, 0.25) is 0 Å². The van der Waals surface area contributed by atoms with E-state index in [-0.39, 0.29) is 9.20 Å². The lowest BCUT2D eigenvalue weighted by Crippen LogP contribution is -2.12. The molecule has 0 aliphatic heterocycles. The fourth-order valence-corrected chi connectivity index (χ4v) is 4.57. The minimum absolute atomic E-state index is 0.124. The van der Waals surface area contributed by atoms with Gasteiger partial charge in [-0.15, -0.1) is 11.3 Å². The number of hydrogen-bond acceptors (Lipinski definition) is 4. The summed E-state index contributed by atoms with van der Waals surface area (Å²) in [5, 5.41) is 0.300. The topological polar surface area (TPSA) is 72.2 Å². The third-order valence-electron chi connectivity index (χ3n) is 2.26. The van der Waals surface area contributed by atoms with Crippen molar-refractivity contribution in [2.75, 3.05) is 4.72 Å². The van der Waals surface area contributed by atoms with Crippen LogP contribution in [0.4, 0.5) is 5.69 Å². The molecule has 9 heteroatoms. The number of halogens is 2. The van der Waals surface area contributed by atoms with E-state index in [1.807, 2.05) is 0 Å². The molecule has 3 N–H and O–H groups in total. The van der Waals surface area contributed by atoms with Gasteiger partial charge < -0.3 is 5.73 Å². The molecular weight excluding hydrogens is 404 g/mol. The van der Waals surface area contributed by atoms with E-state index in [1.165, 1.54) is 6.07 Å². The molecule has 0 fully saturated rings. The van der Waals surface area contributed by atoms with Crippen LogP contribution in [0.3, 0.4) is 0 Å². The highest BCUT2D eigenvalue weighted by Crippen LogP contribution is 2.29. The summed E-state index contributed by atoms with van der Waals surface area (Å²) in [5.74, 6) is 0. The summed E-state index contributed by atoms with van der Waals surface area (Å²) in [6, 6.07) is 7.90. The van der Waals surface area contributed by atoms with Crippen molar-refractivity contribution in [3.8, 4) is 0 Å². The molecule has 0 saturated carbocycles. The maximum atomic E-state index is 12.2. The summed E-state index contributed by atoms with van der Waals surface area (Å²) >= 11 is 15.1. The zero-order chi connectivity index (χ0) is 14.9. The van der Waals surface area contributed by atoms with E-state index in [4.69, 9.17) is 29.6 Å². The van der Waals surface area contributed by atoms with E-state index in [0.29, 0.717) is 15.6 Å². The first-order chi connectivity index (χ1) is 9.29. The molecule has 106 valence electrons. The lowest BCUT2D eigenvalue weighted by Gasteiger charge is -2.08. The number of hydrogen-bond donors (Lipinski definition) is 2. The second-order valence-corrected chi connectivity index (χ2v) is 8.47. The van der Waals surface area contributed by atoms with Crippen LogP contribution in [-0.2, 0) is 10.0 Å². The Labute approximate surface area is 139 Å². The van der Waals surface area contributed by atoms with Crippen LogP contribution >= 0.6 is 51.1 Å². The van der Waals surface area contributed by atoms with Gasteiger partial charge >= 0.3 is 0 Å². The van der Waals surface area contributed by atoms with Crippen molar-refractivity contribution in [3.63, 3.8) is 0 Å². The molecule has 0 aliphatic rings. The maximum Gasteiger partial charge on any atom is 0.271 e. The van der Waals surface area contributed by atoms with Gasteiger partial charge in [0.15, 0.2) is 0 Å². The zero-order valence-corrected chi connectivity index (χ0v) is 14.6. The van der Waals surface area contributed by atoms with Crippen LogP contribution in [0.5, 0.6) is 0 Å². The molecule has 20 heavy (non-hydrogen) atoms. The Morgan fingerprint density at radius 3 is 2.60 bits per heavy atom. The Morgan fingerprint density at radius 1 is 1.35 bits per heavy atom. The predicted molar refractivity (Wildman–Crippen MR) is 90.2 cm³/mol. The van der Waals surface area contributed by atoms with Crippen molar-refractivity contribution in [1.29, 1.82) is 0 Å². The summed E-state index contributed by atoms with van der Waals surface area (Å²) < 4.78 is 27.8. The van der Waals surface area contributed by atoms with Gasteiger partial charge in [0.25, 0.3) is 10.0 Å². The number of benzene rings is 1. The van der Waals surface area contributed by atoms with Crippen molar-refractivity contribution in [2.24, 2.45) is 5.73 Å². The SMILES string of the molecule is NC(=S)c1ccc(S(=O)(=O)Nc2ccc(Br)cc2Cl)s1. The van der Waals surface area contributed by atoms with Gasteiger partial charge in [0, 0.05) is 4.47 Å². The van der Waals surface area contributed by atoms with Crippen LogP contribution < -0.4 is 10.5 Å². The molecule has 2 aromatic rings. The largest absolute Gasteiger partial charge is 0.389 e. The molecule has 0 amide bonds. The fourth-order valence-electron chi connectivity index (χ4n) is 1.36. The Balaban J connectivity index is 2.33. The highest BCUT2D eigenvalue weighted by atomic mass is 79.9. The van der Waals surface area contributed by atoms with Crippen molar-refractivity contribution >= 4 is 71.8 Å². The van der Waals surface area contributed by atoms with Crippen LogP contribution in [-0.4, -0.2) is 13.4 Å². The standard InChI is InChI=1S/C11H8BrClN2O2S3/c12-6-1-2-8(7(13)5-6)15-20(16,17)10-4-3-9(19-10)11(14)18/h1-5,15H,(H2,14,18). The molecule has 0 unspecified atom stereocenters. The van der Waals surface area contributed by atoms with E-state index >= 15 is 0 Å². The number of rotatable bonds is 4. The lowest BCUT2D eigenvalue weighted by atomic mass is 10.3. The van der Waals surface area contributed by atoms with Crippen LogP contribution in [0.15, 0.2) is 39.0 Å². The summed E-state index contributed by atoms with van der Waals surface area (Å²) in [4.78, 5) is 0.709. The minimum Gasteiger partial charge on any atom is -0.389 e. The van der Waals surface area contributed by atoms with Crippen molar-refractivity contribution in [1.82, 2.24) is 0 Å². The third kappa shape index (κ3) is 3.50. The number of anilines is 1. The van der Waals surface area contributed by atoms with E-state index in [9.17, 15) is 8.42 Å². The normalized spacial score (nSPS) is 11.3. The van der Waals surface area contributed by atoms with Crippen LogP contribution in [0.1, 0.15) is 4.88 Å². The van der Waals surface area contributed by atoms with Gasteiger partial charge in [-0.1, -0.05) is 39.7 Å². The summed E-state index contributed by atoms with van der Waals surface area (Å²) in [7, 11) is -3.71. The second kappa shape index (κ2) is 5.98. The number of thiocarbonyl (C=S) groups is 1. The van der Waals surface area contributed by atoms with Gasteiger partial charge in [0.05, 0.1) is 15.6 Å². The van der Waals surface area contributed by atoms with E-state index in [0.717, 1.165) is 15.8 Å². The molecular formula is C11H8BrClN2O2S3. The highest BCUT2D eigenvalue weighted by molar-refractivity contribution is 9.10. The molecule has 0 atom stereocenters. The maximum absolute atomic E-state index is 12.2. The molecule has 1 aromatic heterocycles. The predicted octanol–water partition coefficient (Wildman–Crippen LogP) is 3.60. The molecule has 1 aromatic carbocycles. The van der Waals surface area contributed by atoms with E-state index in [2.05, 4.69) is 20.7 Å². The molecule has 1 heterocycles. The molecule has 0 bridgehead atoms. The zero-order valence-electron chi connectivity index (χ0n) is 9.76. The average Bonchev–Trinajstić information content (AvgIpc) is 2.83. The number of thiophene rings is 1. The fraction of sp³-hybridized carbons (Fsp3) is 0. The number of nitrogens with two attached hydrogens (primary N) is 1. The molecule has 4 nitrogen and oxygen atoms in total. The first kappa shape index (κ1) is 15.7. The summed E-state index contributed by atoms with van der Waals surface area (Å²) in [6.45, 7) is 0. The van der Waals surface area contributed by atoms with Crippen LogP contribution in [0, 0.1) is 0 Å². The number of nitrogens with one attached hydrogen (secondary N) is 1. The van der Waals surface area contributed by atoms with Gasteiger partial charge in [-0.05, 0) is 30.3 Å². The summed E-state index contributed by atoms with van der Waals surface area (Å²) in [6.07, 6.45) is 0.